The number of nitrogens with zero attached hydrogens (tertiary/aromatic N) is 3. The van der Waals surface area contributed by atoms with E-state index in [1.54, 1.807) is 23.6 Å². The lowest BCUT2D eigenvalue weighted by Gasteiger charge is -2.27. The summed E-state index contributed by atoms with van der Waals surface area (Å²) in [6.07, 6.45) is 1.71. The number of benzene rings is 2. The fourth-order valence-corrected chi connectivity index (χ4v) is 4.55. The molecule has 176 valence electrons. The van der Waals surface area contributed by atoms with Gasteiger partial charge in [-0.1, -0.05) is 42.5 Å². The van der Waals surface area contributed by atoms with E-state index in [2.05, 4.69) is 10.4 Å². The standard InChI is InChI=1S/C26H25FN4O2.ClH/c1-17-19(8-5-9-22(17)27)14-21-24(18-6-3-2-4-7-18)23-15-20(32)16-29-31(23)25(21)26(33)30-12-10-28-11-13-30;/h2-9,15-16,28,32H,10-14H2,1H3;1H. The molecule has 1 fully saturated rings. The summed E-state index contributed by atoms with van der Waals surface area (Å²) in [6, 6.07) is 16.4. The average Bonchev–Trinajstić information content (AvgIpc) is 3.15. The molecule has 0 radical (unpaired) electrons. The Morgan fingerprint density at radius 1 is 1.12 bits per heavy atom. The van der Waals surface area contributed by atoms with Crippen molar-refractivity contribution >= 4 is 23.8 Å². The monoisotopic (exact) mass is 480 g/mol. The van der Waals surface area contributed by atoms with Crippen molar-refractivity contribution in [2.24, 2.45) is 0 Å². The number of amides is 1. The molecule has 2 aromatic heterocycles. The smallest absolute Gasteiger partial charge is 0.272 e. The highest BCUT2D eigenvalue weighted by atomic mass is 35.5. The van der Waals surface area contributed by atoms with Gasteiger partial charge in [0.1, 0.15) is 17.3 Å². The third-order valence-corrected chi connectivity index (χ3v) is 6.29. The van der Waals surface area contributed by atoms with Gasteiger partial charge in [-0.05, 0) is 35.2 Å². The van der Waals surface area contributed by atoms with E-state index >= 15 is 0 Å². The number of hydrogen-bond acceptors (Lipinski definition) is 4. The Morgan fingerprint density at radius 2 is 1.85 bits per heavy atom. The summed E-state index contributed by atoms with van der Waals surface area (Å²) in [5, 5.41) is 17.9. The Labute approximate surface area is 203 Å². The van der Waals surface area contributed by atoms with Crippen LogP contribution in [0.3, 0.4) is 0 Å². The molecule has 0 atom stereocenters. The number of nitrogens with one attached hydrogen (secondary N) is 1. The van der Waals surface area contributed by atoms with E-state index in [0.717, 1.165) is 35.3 Å². The Kier molecular flexibility index (Phi) is 6.86. The van der Waals surface area contributed by atoms with Gasteiger partial charge in [-0.15, -0.1) is 12.4 Å². The summed E-state index contributed by atoms with van der Waals surface area (Å²) in [5.41, 5.74) is 4.96. The van der Waals surface area contributed by atoms with Crippen molar-refractivity contribution in [1.29, 1.82) is 0 Å². The van der Waals surface area contributed by atoms with Gasteiger partial charge >= 0.3 is 0 Å². The fourth-order valence-electron chi connectivity index (χ4n) is 4.55. The first-order valence-electron chi connectivity index (χ1n) is 11.1. The molecular formula is C26H26ClFN4O2. The SMILES string of the molecule is Cc1c(F)cccc1Cc1c(-c2ccccc2)c2cc(O)cnn2c1C(=O)N1CCNCC1.Cl. The van der Waals surface area contributed by atoms with E-state index in [1.165, 1.54) is 12.3 Å². The second kappa shape index (κ2) is 9.83. The zero-order valence-corrected chi connectivity index (χ0v) is 19.6. The maximum atomic E-state index is 14.4. The number of aromatic hydroxyl groups is 1. The van der Waals surface area contributed by atoms with E-state index in [-0.39, 0.29) is 29.9 Å². The quantitative estimate of drug-likeness (QED) is 0.459. The predicted molar refractivity (Wildman–Crippen MR) is 132 cm³/mol. The first-order valence-corrected chi connectivity index (χ1v) is 11.1. The van der Waals surface area contributed by atoms with Crippen molar-refractivity contribution in [3.63, 3.8) is 0 Å². The summed E-state index contributed by atoms with van der Waals surface area (Å²) >= 11 is 0. The van der Waals surface area contributed by atoms with Crippen LogP contribution in [0, 0.1) is 12.7 Å². The lowest BCUT2D eigenvalue weighted by molar-refractivity contribution is 0.0726. The van der Waals surface area contributed by atoms with Crippen LogP contribution in [-0.4, -0.2) is 51.7 Å². The molecule has 4 aromatic rings. The summed E-state index contributed by atoms with van der Waals surface area (Å²) in [6.45, 7) is 4.41. The maximum absolute atomic E-state index is 14.4. The van der Waals surface area contributed by atoms with Crippen LogP contribution in [0.15, 0.2) is 60.8 Å². The minimum Gasteiger partial charge on any atom is -0.506 e. The van der Waals surface area contributed by atoms with Gasteiger partial charge in [-0.2, -0.15) is 5.10 Å². The molecule has 5 rings (SSSR count). The van der Waals surface area contributed by atoms with Gasteiger partial charge in [0.25, 0.3) is 5.91 Å². The van der Waals surface area contributed by atoms with Gasteiger partial charge in [-0.3, -0.25) is 4.79 Å². The van der Waals surface area contributed by atoms with Crippen molar-refractivity contribution < 1.29 is 14.3 Å². The Balaban J connectivity index is 0.00000274. The van der Waals surface area contributed by atoms with E-state index in [0.29, 0.717) is 36.3 Å². The van der Waals surface area contributed by atoms with Crippen LogP contribution in [0.1, 0.15) is 27.2 Å². The fraction of sp³-hybridized carbons (Fsp3) is 0.231. The molecule has 6 nitrogen and oxygen atoms in total. The van der Waals surface area contributed by atoms with Gasteiger partial charge in [0, 0.05) is 44.2 Å². The molecule has 3 heterocycles. The van der Waals surface area contributed by atoms with E-state index in [1.807, 2.05) is 41.3 Å². The highest BCUT2D eigenvalue weighted by Gasteiger charge is 2.29. The molecule has 1 saturated heterocycles. The first kappa shape index (κ1) is 23.7. The molecule has 34 heavy (non-hydrogen) atoms. The van der Waals surface area contributed by atoms with Crippen molar-refractivity contribution in [1.82, 2.24) is 19.8 Å². The second-order valence-electron chi connectivity index (χ2n) is 8.32. The molecule has 0 saturated carbocycles. The first-order chi connectivity index (χ1) is 16.0. The highest BCUT2D eigenvalue weighted by Crippen LogP contribution is 2.37. The van der Waals surface area contributed by atoms with Crippen LogP contribution in [0.2, 0.25) is 0 Å². The van der Waals surface area contributed by atoms with Gasteiger partial charge in [0.2, 0.25) is 0 Å². The predicted octanol–water partition coefficient (Wildman–Crippen LogP) is 4.21. The number of hydrogen-bond donors (Lipinski definition) is 2. The van der Waals surface area contributed by atoms with E-state index in [9.17, 15) is 14.3 Å². The summed E-state index contributed by atoms with van der Waals surface area (Å²) in [4.78, 5) is 15.6. The third-order valence-electron chi connectivity index (χ3n) is 6.29. The summed E-state index contributed by atoms with van der Waals surface area (Å²) in [7, 11) is 0. The Hall–Kier alpha value is -3.42. The van der Waals surface area contributed by atoms with Crippen LogP contribution in [0.25, 0.3) is 16.6 Å². The lowest BCUT2D eigenvalue weighted by Crippen LogP contribution is -2.47. The van der Waals surface area contributed by atoms with Crippen molar-refractivity contribution in [3.05, 3.63) is 89.0 Å². The van der Waals surface area contributed by atoms with Crippen LogP contribution in [-0.2, 0) is 6.42 Å². The average molecular weight is 481 g/mol. The maximum Gasteiger partial charge on any atom is 0.272 e. The van der Waals surface area contributed by atoms with Crippen LogP contribution in [0.5, 0.6) is 5.75 Å². The van der Waals surface area contributed by atoms with Crippen LogP contribution < -0.4 is 5.32 Å². The number of piperazine rings is 1. The van der Waals surface area contributed by atoms with E-state index in [4.69, 9.17) is 0 Å². The van der Waals surface area contributed by atoms with Gasteiger partial charge in [-0.25, -0.2) is 8.91 Å². The van der Waals surface area contributed by atoms with Crippen LogP contribution in [0.4, 0.5) is 4.39 Å². The lowest BCUT2D eigenvalue weighted by atomic mass is 9.93. The van der Waals surface area contributed by atoms with Gasteiger partial charge in [0.15, 0.2) is 0 Å². The minimum atomic E-state index is -0.275. The number of fused-ring (bicyclic) bond motifs is 1. The summed E-state index contributed by atoms with van der Waals surface area (Å²) < 4.78 is 16.0. The molecule has 1 aliphatic heterocycles. The summed E-state index contributed by atoms with van der Waals surface area (Å²) in [5.74, 6) is -0.369. The van der Waals surface area contributed by atoms with Crippen molar-refractivity contribution in [2.45, 2.75) is 13.3 Å². The van der Waals surface area contributed by atoms with E-state index < -0.39 is 0 Å². The molecule has 2 N–H and O–H groups in total. The molecule has 2 aromatic carbocycles. The minimum absolute atomic E-state index is 0. The van der Waals surface area contributed by atoms with Crippen molar-refractivity contribution in [3.8, 4) is 16.9 Å². The molecule has 0 aliphatic carbocycles. The molecular weight excluding hydrogens is 455 g/mol. The largest absolute Gasteiger partial charge is 0.506 e. The zero-order chi connectivity index (χ0) is 22.9. The highest BCUT2D eigenvalue weighted by molar-refractivity contribution is 6.01. The van der Waals surface area contributed by atoms with Crippen LogP contribution >= 0.6 is 12.4 Å². The third kappa shape index (κ3) is 4.24. The second-order valence-corrected chi connectivity index (χ2v) is 8.32. The van der Waals surface area contributed by atoms with Crippen molar-refractivity contribution in [2.75, 3.05) is 26.2 Å². The zero-order valence-electron chi connectivity index (χ0n) is 18.8. The number of aromatic nitrogens is 2. The Bertz CT molecular complexity index is 1330. The Morgan fingerprint density at radius 3 is 2.59 bits per heavy atom. The van der Waals surface area contributed by atoms with Gasteiger partial charge < -0.3 is 15.3 Å². The number of carbonyl (C=O) groups is 1. The molecule has 8 heteroatoms. The number of carbonyl (C=O) groups excluding carboxylic acids is 1. The molecule has 1 amide bonds. The molecule has 0 spiro atoms. The molecule has 0 bridgehead atoms. The van der Waals surface area contributed by atoms with Gasteiger partial charge in [0.05, 0.1) is 11.7 Å². The normalized spacial score (nSPS) is 13.6. The topological polar surface area (TPSA) is 69.9 Å². The number of halogens is 2. The number of rotatable bonds is 4. The molecule has 0 unspecified atom stereocenters. The molecule has 1 aliphatic rings.